The second-order valence-electron chi connectivity index (χ2n) is 7.63. The molecule has 21 heavy (non-hydrogen) atoms. The molecule has 3 rings (SSSR count). The van der Waals surface area contributed by atoms with Gasteiger partial charge in [-0.05, 0) is 37.5 Å². The monoisotopic (exact) mass is 293 g/mol. The van der Waals surface area contributed by atoms with Crippen LogP contribution in [0.4, 0.5) is 0 Å². The van der Waals surface area contributed by atoms with Crippen LogP contribution in [0.3, 0.4) is 0 Å². The fourth-order valence-corrected chi connectivity index (χ4v) is 4.36. The number of carboxylic acids is 1. The van der Waals surface area contributed by atoms with E-state index >= 15 is 0 Å². The normalized spacial score (nSPS) is 32.7. The van der Waals surface area contributed by atoms with Crippen molar-refractivity contribution in [2.75, 3.05) is 13.1 Å². The van der Waals surface area contributed by atoms with Gasteiger partial charge in [0.25, 0.3) is 0 Å². The molecule has 0 bridgehead atoms. The largest absolute Gasteiger partial charge is 0.481 e. The topological polar surface area (TPSA) is 57.6 Å². The lowest BCUT2D eigenvalue weighted by Gasteiger charge is -2.32. The maximum Gasteiger partial charge on any atom is 0.308 e. The molecular weight excluding hydrogens is 266 g/mol. The molecule has 1 N–H and O–H groups in total. The van der Waals surface area contributed by atoms with Gasteiger partial charge in [-0.3, -0.25) is 9.59 Å². The van der Waals surface area contributed by atoms with Gasteiger partial charge in [-0.2, -0.15) is 0 Å². The summed E-state index contributed by atoms with van der Waals surface area (Å²) in [6.45, 7) is 3.21. The quantitative estimate of drug-likeness (QED) is 0.814. The number of hydrogen-bond donors (Lipinski definition) is 1. The van der Waals surface area contributed by atoms with Crippen molar-refractivity contribution in [1.29, 1.82) is 0 Å². The highest BCUT2D eigenvalue weighted by Gasteiger charge is 2.49. The molecule has 2 saturated carbocycles. The van der Waals surface area contributed by atoms with Gasteiger partial charge in [-0.15, -0.1) is 0 Å². The summed E-state index contributed by atoms with van der Waals surface area (Å²) in [4.78, 5) is 26.3. The second-order valence-corrected chi connectivity index (χ2v) is 7.63. The lowest BCUT2D eigenvalue weighted by atomic mass is 9.81. The molecule has 4 nitrogen and oxygen atoms in total. The first-order valence-corrected chi connectivity index (χ1v) is 8.53. The third kappa shape index (κ3) is 2.95. The van der Waals surface area contributed by atoms with Crippen LogP contribution in [0.1, 0.15) is 58.3 Å². The average Bonchev–Trinajstić information content (AvgIpc) is 3.23. The van der Waals surface area contributed by atoms with Crippen LogP contribution in [0.5, 0.6) is 0 Å². The molecule has 0 aromatic heterocycles. The van der Waals surface area contributed by atoms with Gasteiger partial charge in [-0.25, -0.2) is 0 Å². The maximum absolute atomic E-state index is 13.0. The zero-order valence-corrected chi connectivity index (χ0v) is 13.0. The number of carbonyl (C=O) groups excluding carboxylic acids is 1. The number of nitrogens with zero attached hydrogens (tertiary/aromatic N) is 1. The molecule has 0 aromatic rings. The van der Waals surface area contributed by atoms with Crippen molar-refractivity contribution in [2.24, 2.45) is 23.2 Å². The number of carboxylic acid groups (broad SMARTS) is 1. The molecule has 1 saturated heterocycles. The van der Waals surface area contributed by atoms with Gasteiger partial charge in [0.05, 0.1) is 5.92 Å². The fraction of sp³-hybridized carbons (Fsp3) is 0.882. The summed E-state index contributed by atoms with van der Waals surface area (Å²) in [5.41, 5.74) is -0.252. The van der Waals surface area contributed by atoms with Gasteiger partial charge in [0, 0.05) is 18.5 Å². The van der Waals surface area contributed by atoms with E-state index in [0.717, 1.165) is 38.5 Å². The molecule has 0 spiro atoms. The van der Waals surface area contributed by atoms with Crippen LogP contribution in [0, 0.1) is 23.2 Å². The SMILES string of the molecule is CC1(C(=O)N2C[C@H](C(=O)O)[C@@H](C3CC3)C2)CCCCCC1. The van der Waals surface area contributed by atoms with E-state index in [9.17, 15) is 14.7 Å². The molecule has 1 heterocycles. The van der Waals surface area contributed by atoms with Crippen LogP contribution >= 0.6 is 0 Å². The number of carbonyl (C=O) groups is 2. The van der Waals surface area contributed by atoms with Gasteiger partial charge in [-0.1, -0.05) is 32.6 Å². The minimum atomic E-state index is -0.715. The third-order valence-electron chi connectivity index (χ3n) is 5.92. The van der Waals surface area contributed by atoms with Crippen molar-refractivity contribution in [3.05, 3.63) is 0 Å². The minimum absolute atomic E-state index is 0.195. The van der Waals surface area contributed by atoms with Crippen LogP contribution < -0.4 is 0 Å². The Morgan fingerprint density at radius 1 is 1.05 bits per heavy atom. The molecule has 0 radical (unpaired) electrons. The van der Waals surface area contributed by atoms with Crippen molar-refractivity contribution in [3.8, 4) is 0 Å². The molecule has 3 fully saturated rings. The summed E-state index contributed by atoms with van der Waals surface area (Å²) in [7, 11) is 0. The van der Waals surface area contributed by atoms with Crippen molar-refractivity contribution in [3.63, 3.8) is 0 Å². The summed E-state index contributed by atoms with van der Waals surface area (Å²) in [5, 5.41) is 9.44. The Kier molecular flexibility index (Phi) is 3.98. The summed E-state index contributed by atoms with van der Waals surface area (Å²) >= 11 is 0. The minimum Gasteiger partial charge on any atom is -0.481 e. The van der Waals surface area contributed by atoms with Crippen LogP contribution in [0.15, 0.2) is 0 Å². The van der Waals surface area contributed by atoms with Gasteiger partial charge < -0.3 is 10.0 Å². The molecule has 2 atom stereocenters. The number of hydrogen-bond acceptors (Lipinski definition) is 2. The summed E-state index contributed by atoms with van der Waals surface area (Å²) in [6.07, 6.45) is 8.94. The molecule has 0 unspecified atom stereocenters. The van der Waals surface area contributed by atoms with Crippen molar-refractivity contribution >= 4 is 11.9 Å². The molecule has 4 heteroatoms. The van der Waals surface area contributed by atoms with Crippen LogP contribution in [0.2, 0.25) is 0 Å². The van der Waals surface area contributed by atoms with Gasteiger partial charge in [0.1, 0.15) is 0 Å². The third-order valence-corrected chi connectivity index (χ3v) is 5.92. The first kappa shape index (κ1) is 14.9. The summed E-state index contributed by atoms with van der Waals surface area (Å²) < 4.78 is 0. The Morgan fingerprint density at radius 3 is 2.19 bits per heavy atom. The average molecular weight is 293 g/mol. The lowest BCUT2D eigenvalue weighted by molar-refractivity contribution is -0.143. The zero-order chi connectivity index (χ0) is 15.0. The number of aliphatic carboxylic acids is 1. The molecule has 1 amide bonds. The Morgan fingerprint density at radius 2 is 1.67 bits per heavy atom. The van der Waals surface area contributed by atoms with E-state index in [1.54, 1.807) is 0 Å². The maximum atomic E-state index is 13.0. The smallest absolute Gasteiger partial charge is 0.308 e. The summed E-state index contributed by atoms with van der Waals surface area (Å²) in [6, 6.07) is 0. The first-order valence-electron chi connectivity index (χ1n) is 8.53. The Labute approximate surface area is 126 Å². The molecule has 1 aliphatic heterocycles. The number of rotatable bonds is 3. The molecular formula is C17H27NO3. The number of amides is 1. The van der Waals surface area contributed by atoms with E-state index in [-0.39, 0.29) is 23.2 Å². The van der Waals surface area contributed by atoms with E-state index in [4.69, 9.17) is 0 Å². The highest BCUT2D eigenvalue weighted by atomic mass is 16.4. The van der Waals surface area contributed by atoms with Crippen molar-refractivity contribution in [1.82, 2.24) is 4.90 Å². The van der Waals surface area contributed by atoms with Gasteiger partial charge in [0.2, 0.25) is 5.91 Å². The van der Waals surface area contributed by atoms with E-state index in [0.29, 0.717) is 19.0 Å². The first-order chi connectivity index (χ1) is 10.0. The van der Waals surface area contributed by atoms with E-state index in [1.807, 2.05) is 4.90 Å². The molecule has 118 valence electrons. The summed E-state index contributed by atoms with van der Waals surface area (Å²) in [5.74, 6) is -0.0884. The standard InChI is InChI=1S/C17H27NO3/c1-17(8-4-2-3-5-9-17)16(21)18-10-13(12-6-7-12)14(11-18)15(19)20/h12-14H,2-11H2,1H3,(H,19,20)/t13-,14+/m1/s1. The Hall–Kier alpha value is -1.06. The molecule has 2 aliphatic carbocycles. The van der Waals surface area contributed by atoms with E-state index in [1.165, 1.54) is 12.8 Å². The highest BCUT2D eigenvalue weighted by molar-refractivity contribution is 5.84. The van der Waals surface area contributed by atoms with Crippen LogP contribution in [0.25, 0.3) is 0 Å². The zero-order valence-electron chi connectivity index (χ0n) is 13.0. The lowest BCUT2D eigenvalue weighted by Crippen LogP contribution is -2.41. The predicted octanol–water partition coefficient (Wildman–Crippen LogP) is 2.92. The van der Waals surface area contributed by atoms with Crippen LogP contribution in [-0.2, 0) is 9.59 Å². The number of likely N-dealkylation sites (tertiary alicyclic amines) is 1. The second kappa shape index (κ2) is 5.62. The van der Waals surface area contributed by atoms with Gasteiger partial charge in [0.15, 0.2) is 0 Å². The molecule has 0 aromatic carbocycles. The van der Waals surface area contributed by atoms with Crippen molar-refractivity contribution < 1.29 is 14.7 Å². The fourth-order valence-electron chi connectivity index (χ4n) is 4.36. The van der Waals surface area contributed by atoms with E-state index < -0.39 is 5.97 Å². The Bertz CT molecular complexity index is 422. The van der Waals surface area contributed by atoms with Gasteiger partial charge >= 0.3 is 5.97 Å². The Balaban J connectivity index is 1.71. The van der Waals surface area contributed by atoms with Crippen molar-refractivity contribution in [2.45, 2.75) is 58.3 Å². The predicted molar refractivity (Wildman–Crippen MR) is 79.7 cm³/mol. The van der Waals surface area contributed by atoms with Crippen LogP contribution in [-0.4, -0.2) is 35.0 Å². The van der Waals surface area contributed by atoms with E-state index in [2.05, 4.69) is 6.92 Å². The molecule has 3 aliphatic rings. The highest BCUT2D eigenvalue weighted by Crippen LogP contribution is 2.45.